The predicted octanol–water partition coefficient (Wildman–Crippen LogP) is 3.16. The van der Waals surface area contributed by atoms with Crippen molar-refractivity contribution in [2.24, 2.45) is 4.99 Å². The number of nitrogens with zero attached hydrogens (tertiary/aromatic N) is 2. The van der Waals surface area contributed by atoms with E-state index in [9.17, 15) is 0 Å². The van der Waals surface area contributed by atoms with Crippen LogP contribution in [0.15, 0.2) is 27.8 Å². The lowest BCUT2D eigenvalue weighted by Crippen LogP contribution is -2.44. The van der Waals surface area contributed by atoms with Crippen molar-refractivity contribution in [1.82, 2.24) is 15.5 Å². The molecule has 2 atom stereocenters. The van der Waals surface area contributed by atoms with E-state index in [0.29, 0.717) is 6.10 Å². The zero-order chi connectivity index (χ0) is 17.3. The van der Waals surface area contributed by atoms with Crippen molar-refractivity contribution in [3.63, 3.8) is 0 Å². The maximum absolute atomic E-state index is 5.70. The lowest BCUT2D eigenvalue weighted by molar-refractivity contribution is 0.105. The molecular weight excluding hydrogens is 443 g/mol. The van der Waals surface area contributed by atoms with Gasteiger partial charge in [0.05, 0.1) is 18.4 Å². The van der Waals surface area contributed by atoms with Gasteiger partial charge in [-0.2, -0.15) is 0 Å². The van der Waals surface area contributed by atoms with Gasteiger partial charge in [0.1, 0.15) is 5.76 Å². The summed E-state index contributed by atoms with van der Waals surface area (Å²) < 4.78 is 11.4. The van der Waals surface area contributed by atoms with E-state index in [1.807, 2.05) is 13.1 Å². The van der Waals surface area contributed by atoms with Crippen LogP contribution in [0.1, 0.15) is 50.3 Å². The van der Waals surface area contributed by atoms with Gasteiger partial charge in [0.15, 0.2) is 5.96 Å². The predicted molar refractivity (Wildman–Crippen MR) is 115 cm³/mol. The van der Waals surface area contributed by atoms with Gasteiger partial charge in [0, 0.05) is 26.7 Å². The molecule has 3 rings (SSSR count). The first-order valence-corrected chi connectivity index (χ1v) is 9.70. The molecule has 1 aromatic rings. The van der Waals surface area contributed by atoms with Crippen molar-refractivity contribution in [3.8, 4) is 0 Å². The molecule has 2 N–H and O–H groups in total. The third-order valence-electron chi connectivity index (χ3n) is 5.17. The van der Waals surface area contributed by atoms with Crippen LogP contribution in [0.4, 0.5) is 0 Å². The van der Waals surface area contributed by atoms with E-state index in [2.05, 4.69) is 26.6 Å². The summed E-state index contributed by atoms with van der Waals surface area (Å²) in [6, 6.07) is 4.31. The van der Waals surface area contributed by atoms with Crippen molar-refractivity contribution in [2.45, 2.75) is 50.7 Å². The third kappa shape index (κ3) is 6.42. The molecule has 2 unspecified atom stereocenters. The fraction of sp³-hybridized carbons (Fsp3) is 0.737. The molecule has 0 bridgehead atoms. The van der Waals surface area contributed by atoms with E-state index < -0.39 is 0 Å². The van der Waals surface area contributed by atoms with Crippen molar-refractivity contribution >= 4 is 29.9 Å². The summed E-state index contributed by atoms with van der Waals surface area (Å²) in [7, 11) is 1.82. The third-order valence-corrected chi connectivity index (χ3v) is 5.17. The molecule has 1 aromatic heterocycles. The summed E-state index contributed by atoms with van der Waals surface area (Å²) in [5, 5.41) is 6.89. The van der Waals surface area contributed by atoms with E-state index in [1.54, 1.807) is 6.26 Å². The number of ether oxygens (including phenoxy) is 1. The highest BCUT2D eigenvalue weighted by Crippen LogP contribution is 2.24. The molecule has 2 aliphatic heterocycles. The van der Waals surface area contributed by atoms with E-state index >= 15 is 0 Å². The summed E-state index contributed by atoms with van der Waals surface area (Å²) in [6.45, 7) is 4.88. The fourth-order valence-electron chi connectivity index (χ4n) is 3.76. The number of hydrogen-bond acceptors (Lipinski definition) is 4. The Hall–Kier alpha value is -0.800. The molecule has 0 saturated carbocycles. The van der Waals surface area contributed by atoms with Crippen molar-refractivity contribution in [2.75, 3.05) is 39.8 Å². The number of likely N-dealkylation sites (tertiary alicyclic amines) is 1. The number of furan rings is 1. The van der Waals surface area contributed by atoms with Gasteiger partial charge in [-0.25, -0.2) is 0 Å². The molecule has 26 heavy (non-hydrogen) atoms. The van der Waals surface area contributed by atoms with Crippen molar-refractivity contribution in [3.05, 3.63) is 24.2 Å². The van der Waals surface area contributed by atoms with Crippen LogP contribution in [0, 0.1) is 0 Å². The topological polar surface area (TPSA) is 62.0 Å². The smallest absolute Gasteiger partial charge is 0.191 e. The Morgan fingerprint density at radius 2 is 2.12 bits per heavy atom. The first kappa shape index (κ1) is 21.5. The van der Waals surface area contributed by atoms with Crippen LogP contribution in [0.2, 0.25) is 0 Å². The number of piperidine rings is 1. The van der Waals surface area contributed by atoms with Crippen LogP contribution in [0.5, 0.6) is 0 Å². The van der Waals surface area contributed by atoms with Gasteiger partial charge in [-0.1, -0.05) is 6.42 Å². The summed E-state index contributed by atoms with van der Waals surface area (Å²) in [5.74, 6) is 1.88. The van der Waals surface area contributed by atoms with Gasteiger partial charge in [-0.15, -0.1) is 24.0 Å². The van der Waals surface area contributed by atoms with Crippen LogP contribution < -0.4 is 10.6 Å². The Morgan fingerprint density at radius 1 is 1.27 bits per heavy atom. The molecular formula is C19H33IN4O2. The second kappa shape index (κ2) is 11.8. The Bertz CT molecular complexity index is 512. The highest BCUT2D eigenvalue weighted by atomic mass is 127. The molecule has 148 valence electrons. The summed E-state index contributed by atoms with van der Waals surface area (Å²) in [6.07, 6.45) is 9.46. The Kier molecular flexibility index (Phi) is 9.77. The summed E-state index contributed by atoms with van der Waals surface area (Å²) in [5.41, 5.74) is 0. The average Bonchev–Trinajstić information content (AvgIpc) is 3.35. The molecule has 7 heteroatoms. The molecule has 0 amide bonds. The van der Waals surface area contributed by atoms with Gasteiger partial charge < -0.3 is 19.8 Å². The van der Waals surface area contributed by atoms with Crippen LogP contribution in [-0.4, -0.2) is 56.8 Å². The van der Waals surface area contributed by atoms with Gasteiger partial charge in [0.25, 0.3) is 0 Å². The minimum absolute atomic E-state index is 0. The quantitative estimate of drug-likeness (QED) is 0.360. The molecule has 2 fully saturated rings. The molecule has 0 spiro atoms. The van der Waals surface area contributed by atoms with Gasteiger partial charge in [-0.3, -0.25) is 9.89 Å². The average molecular weight is 476 g/mol. The number of nitrogens with one attached hydrogen (secondary N) is 2. The first-order chi connectivity index (χ1) is 12.4. The van der Waals surface area contributed by atoms with Gasteiger partial charge in [0.2, 0.25) is 0 Å². The second-order valence-corrected chi connectivity index (χ2v) is 6.93. The molecule has 0 aromatic carbocycles. The molecule has 3 heterocycles. The Balaban J connectivity index is 0.00000243. The summed E-state index contributed by atoms with van der Waals surface area (Å²) in [4.78, 5) is 6.88. The van der Waals surface area contributed by atoms with Crippen LogP contribution in [0.3, 0.4) is 0 Å². The lowest BCUT2D eigenvalue weighted by Gasteiger charge is -2.33. The highest BCUT2D eigenvalue weighted by molar-refractivity contribution is 14.0. The largest absolute Gasteiger partial charge is 0.468 e. The molecule has 2 saturated heterocycles. The van der Waals surface area contributed by atoms with E-state index in [0.717, 1.165) is 50.9 Å². The highest BCUT2D eigenvalue weighted by Gasteiger charge is 2.24. The van der Waals surface area contributed by atoms with E-state index in [1.165, 1.54) is 32.1 Å². The van der Waals surface area contributed by atoms with Crippen LogP contribution in [-0.2, 0) is 4.74 Å². The van der Waals surface area contributed by atoms with Crippen molar-refractivity contribution < 1.29 is 9.15 Å². The molecule has 0 radical (unpaired) electrons. The zero-order valence-electron chi connectivity index (χ0n) is 15.8. The number of rotatable bonds is 7. The van der Waals surface area contributed by atoms with Crippen LogP contribution >= 0.6 is 24.0 Å². The maximum atomic E-state index is 5.70. The van der Waals surface area contributed by atoms with E-state index in [-0.39, 0.29) is 30.0 Å². The molecule has 6 nitrogen and oxygen atoms in total. The number of guanidine groups is 1. The van der Waals surface area contributed by atoms with Gasteiger partial charge >= 0.3 is 0 Å². The fourth-order valence-corrected chi connectivity index (χ4v) is 3.76. The Morgan fingerprint density at radius 3 is 2.77 bits per heavy atom. The minimum Gasteiger partial charge on any atom is -0.468 e. The number of hydrogen-bond donors (Lipinski definition) is 2. The Labute approximate surface area is 174 Å². The number of aliphatic imine (C=N–C) groups is 1. The SMILES string of the molecule is CN=C(NCCC1CCCO1)NCC(c1ccco1)N1CCCCC1.I. The second-order valence-electron chi connectivity index (χ2n) is 6.93. The van der Waals surface area contributed by atoms with Crippen molar-refractivity contribution in [1.29, 1.82) is 0 Å². The first-order valence-electron chi connectivity index (χ1n) is 9.70. The monoisotopic (exact) mass is 476 g/mol. The standard InChI is InChI=1S/C19H32N4O2.HI/c1-20-19(21-10-9-16-7-5-13-24-16)22-15-17(18-8-6-14-25-18)23-11-3-2-4-12-23;/h6,8,14,16-17H,2-5,7,9-13,15H2,1H3,(H2,20,21,22);1H. The van der Waals surface area contributed by atoms with Crippen LogP contribution in [0.25, 0.3) is 0 Å². The van der Waals surface area contributed by atoms with Gasteiger partial charge in [-0.05, 0) is 57.3 Å². The normalized spacial score (nSPS) is 22.7. The molecule has 0 aliphatic carbocycles. The van der Waals surface area contributed by atoms with E-state index in [4.69, 9.17) is 9.15 Å². The summed E-state index contributed by atoms with van der Waals surface area (Å²) >= 11 is 0. The molecule has 2 aliphatic rings. The zero-order valence-corrected chi connectivity index (χ0v) is 18.1. The minimum atomic E-state index is 0. The maximum Gasteiger partial charge on any atom is 0.191 e. The lowest BCUT2D eigenvalue weighted by atomic mass is 10.1. The number of halogens is 1.